The molecule has 0 atom stereocenters. The molecule has 1 aliphatic rings. The number of anilines is 2. The van der Waals surface area contributed by atoms with Gasteiger partial charge < -0.3 is 11.1 Å². The fourth-order valence-corrected chi connectivity index (χ4v) is 7.81. The third-order valence-corrected chi connectivity index (χ3v) is 9.33. The summed E-state index contributed by atoms with van der Waals surface area (Å²) in [4.78, 5) is 26.4. The van der Waals surface area contributed by atoms with Crippen molar-refractivity contribution in [1.82, 2.24) is 0 Å². The summed E-state index contributed by atoms with van der Waals surface area (Å²) in [7, 11) is 0. The standard InChI is InChI=1S/C20H16N4O2S4/c1-20(2)5-9-10(7-22)18(29-14(9)12(25)6-20)24-17(26)13-11-8-28-16(23)15(11)30-19(13)27-4-3-21/h8H,4-6,23H2,1-2H3,(H,24,26). The van der Waals surface area contributed by atoms with Crippen molar-refractivity contribution in [2.75, 3.05) is 16.8 Å². The van der Waals surface area contributed by atoms with Crippen molar-refractivity contribution in [1.29, 1.82) is 10.5 Å². The Bertz CT molecular complexity index is 1280. The van der Waals surface area contributed by atoms with E-state index in [1.54, 1.807) is 0 Å². The molecule has 0 aromatic carbocycles. The maximum atomic E-state index is 13.2. The average Bonchev–Trinajstić information content (AvgIpc) is 3.31. The highest BCUT2D eigenvalue weighted by atomic mass is 32.2. The van der Waals surface area contributed by atoms with Gasteiger partial charge in [0, 0.05) is 17.2 Å². The van der Waals surface area contributed by atoms with Crippen LogP contribution in [0.4, 0.5) is 10.0 Å². The van der Waals surface area contributed by atoms with Gasteiger partial charge in [-0.2, -0.15) is 10.5 Å². The smallest absolute Gasteiger partial charge is 0.258 e. The molecule has 0 aliphatic heterocycles. The summed E-state index contributed by atoms with van der Waals surface area (Å²) in [6.07, 6.45) is 1.05. The van der Waals surface area contributed by atoms with Crippen LogP contribution in [-0.4, -0.2) is 17.4 Å². The van der Waals surface area contributed by atoms with Crippen LogP contribution in [0.15, 0.2) is 9.59 Å². The number of carbonyl (C=O) groups excluding carboxylic acids is 2. The SMILES string of the molecule is CC1(C)CC(=O)c2sc(NC(=O)c3c(SCC#N)sc4c(N)scc34)c(C#N)c2C1. The summed E-state index contributed by atoms with van der Waals surface area (Å²) in [6.45, 7) is 4.01. The number of hydrogen-bond donors (Lipinski definition) is 2. The molecular formula is C20H16N4O2S4. The van der Waals surface area contributed by atoms with Crippen molar-refractivity contribution in [3.05, 3.63) is 26.9 Å². The van der Waals surface area contributed by atoms with Crippen LogP contribution < -0.4 is 11.1 Å². The molecular weight excluding hydrogens is 457 g/mol. The van der Waals surface area contributed by atoms with Crippen molar-refractivity contribution in [2.24, 2.45) is 5.41 Å². The molecule has 10 heteroatoms. The Kier molecular flexibility index (Phi) is 5.37. The van der Waals surface area contributed by atoms with Gasteiger partial charge in [0.1, 0.15) is 16.1 Å². The Morgan fingerprint density at radius 2 is 2.10 bits per heavy atom. The van der Waals surface area contributed by atoms with Crippen LogP contribution in [0.2, 0.25) is 0 Å². The number of nitrogen functional groups attached to an aromatic ring is 1. The quantitative estimate of drug-likeness (QED) is 0.484. The fraction of sp³-hybridized carbons (Fsp3) is 0.300. The topological polar surface area (TPSA) is 120 Å². The van der Waals surface area contributed by atoms with E-state index in [1.165, 1.54) is 45.8 Å². The second-order valence-corrected chi connectivity index (χ2v) is 11.9. The van der Waals surface area contributed by atoms with E-state index in [2.05, 4.69) is 17.5 Å². The van der Waals surface area contributed by atoms with Gasteiger partial charge in [-0.15, -0.1) is 34.0 Å². The number of amides is 1. The number of nitrogens with two attached hydrogens (primary N) is 1. The first-order chi connectivity index (χ1) is 14.3. The molecule has 0 radical (unpaired) electrons. The van der Waals surface area contributed by atoms with Gasteiger partial charge in [-0.25, -0.2) is 0 Å². The number of ketones is 1. The van der Waals surface area contributed by atoms with E-state index in [1.807, 2.05) is 19.2 Å². The van der Waals surface area contributed by atoms with Gasteiger partial charge in [0.05, 0.1) is 36.7 Å². The maximum Gasteiger partial charge on any atom is 0.258 e. The predicted octanol–water partition coefficient (Wildman–Crippen LogP) is 5.50. The molecule has 0 saturated heterocycles. The molecule has 3 heterocycles. The van der Waals surface area contributed by atoms with Gasteiger partial charge in [-0.1, -0.05) is 25.6 Å². The summed E-state index contributed by atoms with van der Waals surface area (Å²) in [5, 5.41) is 25.2. The van der Waals surface area contributed by atoms with Gasteiger partial charge in [0.2, 0.25) is 0 Å². The number of nitriles is 2. The number of fused-ring (bicyclic) bond motifs is 2. The highest BCUT2D eigenvalue weighted by molar-refractivity contribution is 8.01. The largest absolute Gasteiger partial charge is 0.389 e. The normalized spacial score (nSPS) is 14.9. The number of rotatable bonds is 4. The molecule has 0 unspecified atom stereocenters. The Morgan fingerprint density at radius 3 is 2.80 bits per heavy atom. The lowest BCUT2D eigenvalue weighted by Gasteiger charge is -2.28. The molecule has 0 fully saturated rings. The molecule has 0 bridgehead atoms. The van der Waals surface area contributed by atoms with E-state index in [9.17, 15) is 14.9 Å². The zero-order valence-electron chi connectivity index (χ0n) is 16.1. The third-order valence-electron chi connectivity index (χ3n) is 4.83. The van der Waals surface area contributed by atoms with Crippen LogP contribution in [0, 0.1) is 28.1 Å². The lowest BCUT2D eigenvalue weighted by atomic mass is 9.75. The molecule has 0 saturated carbocycles. The van der Waals surface area contributed by atoms with E-state index in [0.717, 1.165) is 19.9 Å². The summed E-state index contributed by atoms with van der Waals surface area (Å²) in [5.74, 6) is -0.133. The van der Waals surface area contributed by atoms with E-state index >= 15 is 0 Å². The molecule has 3 aromatic heterocycles. The molecule has 3 N–H and O–H groups in total. The number of carbonyl (C=O) groups is 2. The molecule has 30 heavy (non-hydrogen) atoms. The molecule has 3 aromatic rings. The molecule has 0 spiro atoms. The summed E-state index contributed by atoms with van der Waals surface area (Å²) >= 11 is 5.22. The van der Waals surface area contributed by atoms with Gasteiger partial charge in [-0.05, 0) is 17.4 Å². The van der Waals surface area contributed by atoms with Gasteiger partial charge >= 0.3 is 0 Å². The van der Waals surface area contributed by atoms with Crippen LogP contribution in [-0.2, 0) is 6.42 Å². The van der Waals surface area contributed by atoms with Crippen LogP contribution in [0.5, 0.6) is 0 Å². The number of Topliss-reactive ketones (excluding diaryl/α,β-unsaturated/α-hetero) is 1. The van der Waals surface area contributed by atoms with Crippen LogP contribution >= 0.6 is 45.8 Å². The van der Waals surface area contributed by atoms with Crippen molar-refractivity contribution in [3.8, 4) is 12.1 Å². The van der Waals surface area contributed by atoms with Crippen LogP contribution in [0.25, 0.3) is 10.1 Å². The average molecular weight is 473 g/mol. The van der Waals surface area contributed by atoms with Gasteiger partial charge in [0.15, 0.2) is 5.78 Å². The number of hydrogen-bond acceptors (Lipinski definition) is 9. The lowest BCUT2D eigenvalue weighted by Crippen LogP contribution is -2.26. The minimum absolute atomic E-state index is 0.0112. The highest BCUT2D eigenvalue weighted by Gasteiger charge is 2.36. The third kappa shape index (κ3) is 3.50. The maximum absolute atomic E-state index is 13.2. The first-order valence-electron chi connectivity index (χ1n) is 8.95. The highest BCUT2D eigenvalue weighted by Crippen LogP contribution is 2.46. The van der Waals surface area contributed by atoms with Crippen molar-refractivity contribution in [2.45, 2.75) is 30.9 Å². The van der Waals surface area contributed by atoms with Crippen molar-refractivity contribution < 1.29 is 9.59 Å². The van der Waals surface area contributed by atoms with Crippen molar-refractivity contribution in [3.63, 3.8) is 0 Å². The van der Waals surface area contributed by atoms with E-state index in [0.29, 0.717) is 38.8 Å². The minimum Gasteiger partial charge on any atom is -0.389 e. The summed E-state index contributed by atoms with van der Waals surface area (Å²) in [5.41, 5.74) is 7.38. The number of nitrogens with zero attached hydrogens (tertiary/aromatic N) is 2. The van der Waals surface area contributed by atoms with E-state index in [4.69, 9.17) is 11.0 Å². The molecule has 152 valence electrons. The number of thiophene rings is 3. The van der Waals surface area contributed by atoms with Gasteiger partial charge in [-0.3, -0.25) is 9.59 Å². The van der Waals surface area contributed by atoms with Crippen LogP contribution in [0.1, 0.15) is 51.4 Å². The van der Waals surface area contributed by atoms with E-state index in [-0.39, 0.29) is 22.9 Å². The van der Waals surface area contributed by atoms with Gasteiger partial charge in [0.25, 0.3) is 5.91 Å². The first kappa shape index (κ1) is 20.9. The fourth-order valence-electron chi connectivity index (χ4n) is 3.60. The molecule has 4 rings (SSSR count). The first-order valence-corrected chi connectivity index (χ1v) is 12.4. The van der Waals surface area contributed by atoms with E-state index < -0.39 is 0 Å². The Labute approximate surface area is 189 Å². The number of nitrogens with one attached hydrogen (secondary N) is 1. The Hall–Kier alpha value is -2.37. The predicted molar refractivity (Wildman–Crippen MR) is 124 cm³/mol. The lowest BCUT2D eigenvalue weighted by molar-refractivity contribution is 0.0917. The Morgan fingerprint density at radius 1 is 1.33 bits per heavy atom. The Balaban J connectivity index is 1.75. The molecule has 6 nitrogen and oxygen atoms in total. The van der Waals surface area contributed by atoms with Crippen molar-refractivity contribution >= 4 is 77.6 Å². The number of thioether (sulfide) groups is 1. The molecule has 1 aliphatic carbocycles. The zero-order chi connectivity index (χ0) is 21.6. The monoisotopic (exact) mass is 472 g/mol. The summed E-state index contributed by atoms with van der Waals surface area (Å²) in [6, 6.07) is 4.26. The zero-order valence-corrected chi connectivity index (χ0v) is 19.4. The molecule has 1 amide bonds. The van der Waals surface area contributed by atoms with Crippen LogP contribution in [0.3, 0.4) is 0 Å². The summed E-state index contributed by atoms with van der Waals surface area (Å²) < 4.78 is 1.55. The minimum atomic E-state index is -0.360. The second-order valence-electron chi connectivity index (χ2n) is 7.67. The second kappa shape index (κ2) is 7.71.